The molecule has 0 saturated heterocycles. The van der Waals surface area contributed by atoms with E-state index in [-0.39, 0.29) is 16.3 Å². The number of hydrogen-bond acceptors (Lipinski definition) is 3. The number of ether oxygens (including phenoxy) is 1. The zero-order valence-corrected chi connectivity index (χ0v) is 18.2. The maximum Gasteiger partial charge on any atom is 0.416 e. The summed E-state index contributed by atoms with van der Waals surface area (Å²) in [7, 11) is 0. The Labute approximate surface area is 193 Å². The molecule has 0 saturated carbocycles. The first-order valence-corrected chi connectivity index (χ1v) is 10.4. The smallest absolute Gasteiger partial charge is 0.416 e. The van der Waals surface area contributed by atoms with Crippen LogP contribution in [-0.2, 0) is 6.18 Å². The van der Waals surface area contributed by atoms with Crippen LogP contribution in [0.3, 0.4) is 0 Å². The number of carbonyl (C=O) groups is 1. The molecule has 4 nitrogen and oxygen atoms in total. The summed E-state index contributed by atoms with van der Waals surface area (Å²) in [5.41, 5.74) is 1.10. The van der Waals surface area contributed by atoms with Gasteiger partial charge in [0.15, 0.2) is 0 Å². The summed E-state index contributed by atoms with van der Waals surface area (Å²) in [6, 6.07) is 18.7. The molecule has 168 valence electrons. The Hall–Kier alpha value is -3.58. The molecule has 0 fully saturated rings. The van der Waals surface area contributed by atoms with Gasteiger partial charge in [-0.1, -0.05) is 29.8 Å². The Kier molecular flexibility index (Phi) is 6.24. The summed E-state index contributed by atoms with van der Waals surface area (Å²) in [6.07, 6.45) is -4.56. The van der Waals surface area contributed by atoms with Gasteiger partial charge in [-0.25, -0.2) is 4.98 Å². The number of benzene rings is 3. The number of nitrogens with one attached hydrogen (secondary N) is 1. The first kappa shape index (κ1) is 22.6. The van der Waals surface area contributed by atoms with E-state index in [2.05, 4.69) is 10.3 Å². The summed E-state index contributed by atoms with van der Waals surface area (Å²) >= 11 is 6.06. The topological polar surface area (TPSA) is 51.2 Å². The van der Waals surface area contributed by atoms with Crippen LogP contribution in [-0.4, -0.2) is 17.5 Å². The average molecular weight is 471 g/mol. The van der Waals surface area contributed by atoms with Gasteiger partial charge in [0, 0.05) is 10.9 Å². The highest BCUT2D eigenvalue weighted by molar-refractivity contribution is 6.34. The highest BCUT2D eigenvalue weighted by Gasteiger charge is 2.31. The van der Waals surface area contributed by atoms with Crippen molar-refractivity contribution >= 4 is 34.1 Å². The standard InChI is InChI=1S/C25H18ClF3N2O2/c1-2-33-17-10-7-15(8-11-17)22-14-19(18-5-3-4-6-21(18)30-22)24(32)31-23-13-16(25(27,28)29)9-12-20(23)26/h3-14H,2H2,1H3,(H,31,32). The molecule has 0 unspecified atom stereocenters. The number of hydrogen-bond donors (Lipinski definition) is 1. The lowest BCUT2D eigenvalue weighted by Crippen LogP contribution is -2.14. The quantitative estimate of drug-likeness (QED) is 0.335. The second kappa shape index (κ2) is 9.11. The molecule has 8 heteroatoms. The number of pyridine rings is 1. The highest BCUT2D eigenvalue weighted by Crippen LogP contribution is 2.34. The van der Waals surface area contributed by atoms with Gasteiger partial charge in [-0.2, -0.15) is 13.2 Å². The molecule has 0 aliphatic rings. The third kappa shape index (κ3) is 4.93. The molecule has 4 rings (SSSR count). The Morgan fingerprint density at radius 3 is 2.45 bits per heavy atom. The van der Waals surface area contributed by atoms with Crippen molar-refractivity contribution in [1.29, 1.82) is 0 Å². The number of amides is 1. The fraction of sp³-hybridized carbons (Fsp3) is 0.120. The van der Waals surface area contributed by atoms with Crippen LogP contribution in [0.5, 0.6) is 5.75 Å². The average Bonchev–Trinajstić information content (AvgIpc) is 2.79. The van der Waals surface area contributed by atoms with E-state index in [0.29, 0.717) is 29.0 Å². The van der Waals surface area contributed by atoms with E-state index < -0.39 is 17.6 Å². The monoisotopic (exact) mass is 470 g/mol. The third-order valence-corrected chi connectivity index (χ3v) is 5.29. The number of para-hydroxylation sites is 1. The molecule has 0 bridgehead atoms. The number of nitrogens with zero attached hydrogens (tertiary/aromatic N) is 1. The molecular weight excluding hydrogens is 453 g/mol. The lowest BCUT2D eigenvalue weighted by Gasteiger charge is -2.14. The van der Waals surface area contributed by atoms with Gasteiger partial charge in [-0.3, -0.25) is 4.79 Å². The zero-order valence-electron chi connectivity index (χ0n) is 17.4. The molecule has 1 amide bonds. The third-order valence-electron chi connectivity index (χ3n) is 4.96. The number of alkyl halides is 3. The number of aromatic nitrogens is 1. The summed E-state index contributed by atoms with van der Waals surface area (Å²) < 4.78 is 44.8. The van der Waals surface area contributed by atoms with E-state index in [1.807, 2.05) is 19.1 Å². The molecule has 0 aliphatic carbocycles. The van der Waals surface area contributed by atoms with Crippen molar-refractivity contribution in [3.63, 3.8) is 0 Å². The van der Waals surface area contributed by atoms with Crippen molar-refractivity contribution in [3.05, 3.63) is 88.9 Å². The van der Waals surface area contributed by atoms with Crippen LogP contribution < -0.4 is 10.1 Å². The van der Waals surface area contributed by atoms with Crippen LogP contribution in [0, 0.1) is 0 Å². The molecule has 3 aromatic carbocycles. The zero-order chi connectivity index (χ0) is 23.6. The minimum atomic E-state index is -4.56. The summed E-state index contributed by atoms with van der Waals surface area (Å²) in [5, 5.41) is 3.08. The van der Waals surface area contributed by atoms with Crippen molar-refractivity contribution in [3.8, 4) is 17.0 Å². The van der Waals surface area contributed by atoms with Crippen LogP contribution in [0.1, 0.15) is 22.8 Å². The van der Waals surface area contributed by atoms with E-state index >= 15 is 0 Å². The molecule has 1 aromatic heterocycles. The lowest BCUT2D eigenvalue weighted by molar-refractivity contribution is -0.137. The Bertz CT molecular complexity index is 1320. The molecule has 0 spiro atoms. The van der Waals surface area contributed by atoms with Crippen molar-refractivity contribution in [2.24, 2.45) is 0 Å². The van der Waals surface area contributed by atoms with Gasteiger partial charge in [-0.15, -0.1) is 0 Å². The SMILES string of the molecule is CCOc1ccc(-c2cc(C(=O)Nc3cc(C(F)(F)F)ccc3Cl)c3ccccc3n2)cc1. The van der Waals surface area contributed by atoms with Gasteiger partial charge in [0.1, 0.15) is 5.75 Å². The van der Waals surface area contributed by atoms with Gasteiger partial charge < -0.3 is 10.1 Å². The number of carbonyl (C=O) groups excluding carboxylic acids is 1. The first-order valence-electron chi connectivity index (χ1n) is 10.1. The van der Waals surface area contributed by atoms with E-state index in [0.717, 1.165) is 23.8 Å². The fourth-order valence-corrected chi connectivity index (χ4v) is 3.55. The minimum Gasteiger partial charge on any atom is -0.494 e. The van der Waals surface area contributed by atoms with Gasteiger partial charge in [0.25, 0.3) is 5.91 Å². The molecule has 33 heavy (non-hydrogen) atoms. The lowest BCUT2D eigenvalue weighted by atomic mass is 10.0. The van der Waals surface area contributed by atoms with Crippen LogP contribution in [0.15, 0.2) is 72.8 Å². The molecule has 0 radical (unpaired) electrons. The summed E-state index contributed by atoms with van der Waals surface area (Å²) in [4.78, 5) is 17.8. The highest BCUT2D eigenvalue weighted by atomic mass is 35.5. The molecular formula is C25H18ClF3N2O2. The molecule has 1 heterocycles. The van der Waals surface area contributed by atoms with Gasteiger partial charge in [0.05, 0.1) is 39.7 Å². The van der Waals surface area contributed by atoms with Gasteiger partial charge in [-0.05, 0) is 61.5 Å². The van der Waals surface area contributed by atoms with Crippen LogP contribution in [0.25, 0.3) is 22.2 Å². The van der Waals surface area contributed by atoms with E-state index in [4.69, 9.17) is 16.3 Å². The van der Waals surface area contributed by atoms with Gasteiger partial charge in [0.2, 0.25) is 0 Å². The van der Waals surface area contributed by atoms with Crippen molar-refractivity contribution < 1.29 is 22.7 Å². The minimum absolute atomic E-state index is 0.00134. The van der Waals surface area contributed by atoms with Crippen molar-refractivity contribution in [1.82, 2.24) is 4.98 Å². The molecule has 1 N–H and O–H groups in total. The Morgan fingerprint density at radius 1 is 1.03 bits per heavy atom. The molecule has 0 atom stereocenters. The Balaban J connectivity index is 1.75. The van der Waals surface area contributed by atoms with Crippen LogP contribution in [0.4, 0.5) is 18.9 Å². The van der Waals surface area contributed by atoms with Crippen LogP contribution >= 0.6 is 11.6 Å². The number of halogens is 4. The largest absolute Gasteiger partial charge is 0.494 e. The van der Waals surface area contributed by atoms with Gasteiger partial charge >= 0.3 is 6.18 Å². The maximum atomic E-state index is 13.2. The second-order valence-electron chi connectivity index (χ2n) is 7.18. The van der Waals surface area contributed by atoms with E-state index in [1.165, 1.54) is 0 Å². The first-order chi connectivity index (χ1) is 15.8. The summed E-state index contributed by atoms with van der Waals surface area (Å²) in [6.45, 7) is 2.43. The van der Waals surface area contributed by atoms with Crippen LogP contribution in [0.2, 0.25) is 5.02 Å². The molecule has 4 aromatic rings. The predicted molar refractivity (Wildman–Crippen MR) is 123 cm³/mol. The predicted octanol–water partition coefficient (Wildman–Crippen LogP) is 7.23. The molecule has 0 aliphatic heterocycles. The van der Waals surface area contributed by atoms with Crippen molar-refractivity contribution in [2.75, 3.05) is 11.9 Å². The maximum absolute atomic E-state index is 13.2. The Morgan fingerprint density at radius 2 is 1.76 bits per heavy atom. The second-order valence-corrected chi connectivity index (χ2v) is 7.58. The fourth-order valence-electron chi connectivity index (χ4n) is 3.39. The number of rotatable bonds is 5. The normalized spacial score (nSPS) is 11.4. The number of fused-ring (bicyclic) bond motifs is 1. The van der Waals surface area contributed by atoms with E-state index in [9.17, 15) is 18.0 Å². The summed E-state index contributed by atoms with van der Waals surface area (Å²) in [5.74, 6) is 0.112. The van der Waals surface area contributed by atoms with E-state index in [1.54, 1.807) is 42.5 Å². The number of anilines is 1. The van der Waals surface area contributed by atoms with Crippen molar-refractivity contribution in [2.45, 2.75) is 13.1 Å².